The number of primary amides is 1. The molecule has 0 bridgehead atoms. The molecule has 2 rings (SSSR count). The van der Waals surface area contributed by atoms with Gasteiger partial charge >= 0.3 is 0 Å². The number of nitrogens with two attached hydrogens (primary N) is 1. The summed E-state index contributed by atoms with van der Waals surface area (Å²) in [4.78, 5) is 15.1. The second-order valence-electron chi connectivity index (χ2n) is 3.65. The number of rotatable bonds is 4. The third-order valence-electron chi connectivity index (χ3n) is 2.24. The highest BCUT2D eigenvalue weighted by molar-refractivity contribution is 5.89. The van der Waals surface area contributed by atoms with Crippen molar-refractivity contribution >= 4 is 11.7 Å². The van der Waals surface area contributed by atoms with Crippen molar-refractivity contribution in [2.75, 3.05) is 5.32 Å². The number of aromatic nitrogens is 1. The summed E-state index contributed by atoms with van der Waals surface area (Å²) in [5.74, 6) is 1.01. The minimum atomic E-state index is -0.565. The van der Waals surface area contributed by atoms with Gasteiger partial charge in [-0.05, 0) is 31.2 Å². The van der Waals surface area contributed by atoms with Crippen LogP contribution in [0.2, 0.25) is 0 Å². The van der Waals surface area contributed by atoms with E-state index in [2.05, 4.69) is 10.3 Å². The van der Waals surface area contributed by atoms with E-state index in [0.29, 0.717) is 12.3 Å². The van der Waals surface area contributed by atoms with Crippen molar-refractivity contribution in [3.63, 3.8) is 0 Å². The molecule has 0 unspecified atom stereocenters. The Morgan fingerprint density at radius 1 is 1.41 bits per heavy atom. The summed E-state index contributed by atoms with van der Waals surface area (Å²) in [6.07, 6.45) is 0. The number of carbonyl (C=O) groups excluding carboxylic acids is 1. The largest absolute Gasteiger partial charge is 0.454 e. The van der Waals surface area contributed by atoms with Crippen LogP contribution < -0.4 is 11.1 Å². The zero-order chi connectivity index (χ0) is 12.3. The quantitative estimate of drug-likeness (QED) is 0.839. The van der Waals surface area contributed by atoms with Crippen LogP contribution in [-0.4, -0.2) is 10.9 Å². The molecule has 5 heteroatoms. The SMILES string of the molecule is Cc1cccc(NCc2ccc(C(N)=O)o2)n1. The third-order valence-corrected chi connectivity index (χ3v) is 2.24. The van der Waals surface area contributed by atoms with Crippen LogP contribution in [0.5, 0.6) is 0 Å². The number of carbonyl (C=O) groups is 1. The van der Waals surface area contributed by atoms with E-state index in [1.165, 1.54) is 0 Å². The van der Waals surface area contributed by atoms with E-state index in [1.54, 1.807) is 12.1 Å². The van der Waals surface area contributed by atoms with E-state index in [4.69, 9.17) is 10.2 Å². The molecule has 0 saturated carbocycles. The highest BCUT2D eigenvalue weighted by Gasteiger charge is 2.06. The summed E-state index contributed by atoms with van der Waals surface area (Å²) in [6.45, 7) is 2.38. The van der Waals surface area contributed by atoms with Gasteiger partial charge in [-0.15, -0.1) is 0 Å². The molecule has 0 spiro atoms. The lowest BCUT2D eigenvalue weighted by molar-refractivity contribution is 0.0972. The fourth-order valence-corrected chi connectivity index (χ4v) is 1.42. The van der Waals surface area contributed by atoms with Gasteiger partial charge in [-0.1, -0.05) is 6.07 Å². The second-order valence-corrected chi connectivity index (χ2v) is 3.65. The van der Waals surface area contributed by atoms with Gasteiger partial charge in [-0.3, -0.25) is 4.79 Å². The predicted molar refractivity (Wildman–Crippen MR) is 63.5 cm³/mol. The molecule has 0 fully saturated rings. The lowest BCUT2D eigenvalue weighted by atomic mass is 10.3. The van der Waals surface area contributed by atoms with E-state index in [1.807, 2.05) is 25.1 Å². The molecule has 0 atom stereocenters. The molecule has 0 aliphatic heterocycles. The van der Waals surface area contributed by atoms with Crippen molar-refractivity contribution in [1.82, 2.24) is 4.98 Å². The van der Waals surface area contributed by atoms with Crippen molar-refractivity contribution in [2.45, 2.75) is 13.5 Å². The fraction of sp³-hybridized carbons (Fsp3) is 0.167. The van der Waals surface area contributed by atoms with Gasteiger partial charge in [-0.25, -0.2) is 4.98 Å². The number of amides is 1. The van der Waals surface area contributed by atoms with Gasteiger partial charge in [0.1, 0.15) is 11.6 Å². The summed E-state index contributed by atoms with van der Waals surface area (Å²) in [7, 11) is 0. The molecule has 17 heavy (non-hydrogen) atoms. The third kappa shape index (κ3) is 2.84. The standard InChI is InChI=1S/C12H13N3O2/c1-8-3-2-4-11(15-8)14-7-9-5-6-10(17-9)12(13)16/h2-6H,7H2,1H3,(H2,13,16)(H,14,15). The number of hydrogen-bond donors (Lipinski definition) is 2. The van der Waals surface area contributed by atoms with Gasteiger partial charge in [0.15, 0.2) is 5.76 Å². The molecule has 5 nitrogen and oxygen atoms in total. The Kier molecular flexibility index (Phi) is 3.09. The Morgan fingerprint density at radius 3 is 2.88 bits per heavy atom. The molecule has 0 radical (unpaired) electrons. The van der Waals surface area contributed by atoms with Crippen LogP contribution in [0.25, 0.3) is 0 Å². The van der Waals surface area contributed by atoms with Crippen LogP contribution in [0.3, 0.4) is 0 Å². The molecule has 1 amide bonds. The van der Waals surface area contributed by atoms with Crippen molar-refractivity contribution in [3.8, 4) is 0 Å². The highest BCUT2D eigenvalue weighted by atomic mass is 16.3. The van der Waals surface area contributed by atoms with E-state index in [0.717, 1.165) is 11.5 Å². The van der Waals surface area contributed by atoms with Crippen LogP contribution in [0.4, 0.5) is 5.82 Å². The lowest BCUT2D eigenvalue weighted by Crippen LogP contribution is -2.09. The molecule has 0 saturated heterocycles. The summed E-state index contributed by atoms with van der Waals surface area (Å²) in [5.41, 5.74) is 6.03. The highest BCUT2D eigenvalue weighted by Crippen LogP contribution is 2.10. The molecular weight excluding hydrogens is 218 g/mol. The summed E-state index contributed by atoms with van der Waals surface area (Å²) >= 11 is 0. The fourth-order valence-electron chi connectivity index (χ4n) is 1.42. The molecule has 88 valence electrons. The number of aryl methyl sites for hydroxylation is 1. The van der Waals surface area contributed by atoms with Crippen molar-refractivity contribution < 1.29 is 9.21 Å². The normalized spacial score (nSPS) is 10.2. The molecular formula is C12H13N3O2. The molecule has 0 aliphatic carbocycles. The Labute approximate surface area is 98.6 Å². The van der Waals surface area contributed by atoms with E-state index >= 15 is 0 Å². The number of furan rings is 1. The van der Waals surface area contributed by atoms with Crippen molar-refractivity contribution in [1.29, 1.82) is 0 Å². The molecule has 2 aromatic rings. The van der Waals surface area contributed by atoms with Crippen LogP contribution in [0.15, 0.2) is 34.7 Å². The van der Waals surface area contributed by atoms with E-state index in [9.17, 15) is 4.79 Å². The zero-order valence-electron chi connectivity index (χ0n) is 9.43. The van der Waals surface area contributed by atoms with Crippen LogP contribution >= 0.6 is 0 Å². The number of pyridine rings is 1. The van der Waals surface area contributed by atoms with Gasteiger partial charge in [-0.2, -0.15) is 0 Å². The summed E-state index contributed by atoms with van der Waals surface area (Å²) in [5, 5.41) is 3.10. The first kappa shape index (κ1) is 11.2. The number of nitrogens with one attached hydrogen (secondary N) is 1. The topological polar surface area (TPSA) is 81.1 Å². The Hall–Kier alpha value is -2.30. The van der Waals surface area contributed by atoms with Gasteiger partial charge < -0.3 is 15.5 Å². The van der Waals surface area contributed by atoms with Crippen molar-refractivity contribution in [2.24, 2.45) is 5.73 Å². The Balaban J connectivity index is 2.00. The average Bonchev–Trinajstić information content (AvgIpc) is 2.75. The minimum absolute atomic E-state index is 0.166. The van der Waals surface area contributed by atoms with Gasteiger partial charge in [0.2, 0.25) is 0 Å². The average molecular weight is 231 g/mol. The van der Waals surface area contributed by atoms with Crippen LogP contribution in [-0.2, 0) is 6.54 Å². The second kappa shape index (κ2) is 4.69. The zero-order valence-corrected chi connectivity index (χ0v) is 9.43. The number of hydrogen-bond acceptors (Lipinski definition) is 4. The predicted octanol–water partition coefficient (Wildman–Crippen LogP) is 1.69. The number of nitrogens with zero attached hydrogens (tertiary/aromatic N) is 1. The van der Waals surface area contributed by atoms with Gasteiger partial charge in [0, 0.05) is 5.69 Å². The first-order valence-electron chi connectivity index (χ1n) is 5.21. The van der Waals surface area contributed by atoms with Gasteiger partial charge in [0.25, 0.3) is 5.91 Å². The smallest absolute Gasteiger partial charge is 0.284 e. The van der Waals surface area contributed by atoms with Crippen LogP contribution in [0, 0.1) is 6.92 Å². The molecule has 2 heterocycles. The maximum Gasteiger partial charge on any atom is 0.284 e. The molecule has 0 aromatic carbocycles. The summed E-state index contributed by atoms with van der Waals surface area (Å²) < 4.78 is 5.23. The van der Waals surface area contributed by atoms with Crippen LogP contribution in [0.1, 0.15) is 22.0 Å². The first-order valence-corrected chi connectivity index (χ1v) is 5.21. The van der Waals surface area contributed by atoms with E-state index in [-0.39, 0.29) is 5.76 Å². The monoisotopic (exact) mass is 231 g/mol. The minimum Gasteiger partial charge on any atom is -0.454 e. The summed E-state index contributed by atoms with van der Waals surface area (Å²) in [6, 6.07) is 8.97. The maximum absolute atomic E-state index is 10.8. The Bertz CT molecular complexity index is 534. The Morgan fingerprint density at radius 2 is 2.24 bits per heavy atom. The lowest BCUT2D eigenvalue weighted by Gasteiger charge is -2.03. The van der Waals surface area contributed by atoms with E-state index < -0.39 is 5.91 Å². The van der Waals surface area contributed by atoms with Gasteiger partial charge in [0.05, 0.1) is 6.54 Å². The molecule has 0 aliphatic rings. The first-order chi connectivity index (χ1) is 8.15. The van der Waals surface area contributed by atoms with Crippen molar-refractivity contribution in [3.05, 3.63) is 47.5 Å². The number of anilines is 1. The molecule has 3 N–H and O–H groups in total. The maximum atomic E-state index is 10.8. The molecule has 2 aromatic heterocycles.